The van der Waals surface area contributed by atoms with Crippen molar-refractivity contribution in [3.8, 4) is 5.75 Å². The number of ketones is 1. The molecule has 1 N–H and O–H groups in total. The lowest BCUT2D eigenvalue weighted by Gasteiger charge is -2.31. The number of aliphatic hydroxyl groups is 1. The summed E-state index contributed by atoms with van der Waals surface area (Å²) < 4.78 is 5.19. The number of imide groups is 1. The number of methoxy groups -OCH3 is 1. The molecule has 0 spiro atoms. The summed E-state index contributed by atoms with van der Waals surface area (Å²) in [5, 5.41) is 10.9. The first kappa shape index (κ1) is 23.4. The number of ether oxygens (including phenoxy) is 1. The van der Waals surface area contributed by atoms with Crippen LogP contribution in [0.3, 0.4) is 0 Å². The van der Waals surface area contributed by atoms with E-state index >= 15 is 0 Å². The fourth-order valence-corrected chi connectivity index (χ4v) is 4.50. The molecule has 2 aromatic carbocycles. The summed E-state index contributed by atoms with van der Waals surface area (Å²) in [6.45, 7) is 4.17. The number of fused-ring (bicyclic) bond motifs is 1. The van der Waals surface area contributed by atoms with Gasteiger partial charge in [-0.05, 0) is 54.7 Å². The Bertz CT molecular complexity index is 1170. The highest BCUT2D eigenvalue weighted by Gasteiger charge is 2.37. The van der Waals surface area contributed by atoms with Crippen LogP contribution in [0.1, 0.15) is 60.2 Å². The van der Waals surface area contributed by atoms with Crippen LogP contribution in [0, 0.1) is 5.41 Å². The van der Waals surface area contributed by atoms with Gasteiger partial charge in [0.15, 0.2) is 5.78 Å². The average Bonchev–Trinajstić information content (AvgIpc) is 3.03. The highest BCUT2D eigenvalue weighted by Crippen LogP contribution is 2.37. The smallest absolute Gasteiger partial charge is 0.261 e. The average molecular weight is 461 g/mol. The molecule has 4 rings (SSSR count). The normalized spacial score (nSPS) is 20.0. The van der Waals surface area contributed by atoms with Gasteiger partial charge in [0.05, 0.1) is 35.2 Å². The fraction of sp³-hybridized carbons (Fsp3) is 0.333. The number of hydrogen-bond donors (Lipinski definition) is 1. The van der Waals surface area contributed by atoms with Gasteiger partial charge in [-0.3, -0.25) is 24.3 Å². The molecule has 1 saturated carbocycles. The third-order valence-corrected chi connectivity index (χ3v) is 6.15. The lowest BCUT2D eigenvalue weighted by atomic mass is 9.73. The van der Waals surface area contributed by atoms with Crippen molar-refractivity contribution < 1.29 is 24.2 Å². The molecule has 0 unspecified atom stereocenters. The van der Waals surface area contributed by atoms with Crippen molar-refractivity contribution in [2.24, 2.45) is 10.4 Å². The molecule has 0 radical (unpaired) electrons. The van der Waals surface area contributed by atoms with Gasteiger partial charge in [0.1, 0.15) is 11.5 Å². The number of benzene rings is 2. The minimum Gasteiger partial charge on any atom is -0.511 e. The number of allylic oxidation sites excluding steroid dienone is 2. The summed E-state index contributed by atoms with van der Waals surface area (Å²) >= 11 is 0. The minimum atomic E-state index is -0.329. The Kier molecular flexibility index (Phi) is 6.37. The van der Waals surface area contributed by atoms with Crippen LogP contribution in [-0.4, -0.2) is 47.0 Å². The molecule has 0 atom stereocenters. The van der Waals surface area contributed by atoms with E-state index in [1.165, 1.54) is 4.90 Å². The van der Waals surface area contributed by atoms with Gasteiger partial charge >= 0.3 is 0 Å². The quantitative estimate of drug-likeness (QED) is 0.370. The third kappa shape index (κ3) is 4.64. The van der Waals surface area contributed by atoms with Gasteiger partial charge in [-0.15, -0.1) is 0 Å². The lowest BCUT2D eigenvalue weighted by Crippen LogP contribution is -2.33. The monoisotopic (exact) mass is 460 g/mol. The Morgan fingerprint density at radius 2 is 1.62 bits per heavy atom. The van der Waals surface area contributed by atoms with E-state index in [-0.39, 0.29) is 47.3 Å². The zero-order valence-corrected chi connectivity index (χ0v) is 19.6. The van der Waals surface area contributed by atoms with Crippen LogP contribution >= 0.6 is 0 Å². The van der Waals surface area contributed by atoms with Gasteiger partial charge in [-0.1, -0.05) is 26.0 Å². The lowest BCUT2D eigenvalue weighted by molar-refractivity contribution is -0.117. The van der Waals surface area contributed by atoms with Crippen LogP contribution in [0.2, 0.25) is 0 Å². The molecule has 7 heteroatoms. The van der Waals surface area contributed by atoms with Crippen molar-refractivity contribution in [1.29, 1.82) is 0 Å². The molecular formula is C27H28N2O5. The maximum Gasteiger partial charge on any atom is 0.261 e. The van der Waals surface area contributed by atoms with Crippen LogP contribution in [0.5, 0.6) is 5.75 Å². The molecule has 34 heavy (non-hydrogen) atoms. The van der Waals surface area contributed by atoms with Crippen molar-refractivity contribution >= 4 is 29.0 Å². The summed E-state index contributed by atoms with van der Waals surface area (Å²) in [6, 6.07) is 13.9. The van der Waals surface area contributed by atoms with Gasteiger partial charge in [0.2, 0.25) is 0 Å². The number of nitrogens with zero attached hydrogens (tertiary/aromatic N) is 2. The number of amides is 2. The summed E-state index contributed by atoms with van der Waals surface area (Å²) in [6.07, 6.45) is 1.36. The Hall–Kier alpha value is -3.74. The van der Waals surface area contributed by atoms with E-state index in [0.29, 0.717) is 47.5 Å². The highest BCUT2D eigenvalue weighted by atomic mass is 16.5. The number of carbonyl (C=O) groups is 3. The van der Waals surface area contributed by atoms with E-state index in [1.807, 2.05) is 13.8 Å². The van der Waals surface area contributed by atoms with Gasteiger partial charge in [-0.25, -0.2) is 0 Å². The maximum absolute atomic E-state index is 13.0. The topological polar surface area (TPSA) is 96.3 Å². The van der Waals surface area contributed by atoms with Crippen molar-refractivity contribution in [1.82, 2.24) is 4.90 Å². The van der Waals surface area contributed by atoms with Crippen LogP contribution in [0.25, 0.3) is 0 Å². The van der Waals surface area contributed by atoms with E-state index in [9.17, 15) is 19.5 Å². The number of aliphatic imine (C=N–C) groups is 1. The van der Waals surface area contributed by atoms with E-state index in [1.54, 1.807) is 55.6 Å². The van der Waals surface area contributed by atoms with E-state index < -0.39 is 0 Å². The molecule has 2 amide bonds. The molecule has 0 saturated heterocycles. The molecule has 0 aromatic heterocycles. The van der Waals surface area contributed by atoms with Crippen molar-refractivity contribution in [3.05, 3.63) is 71.0 Å². The number of hydrogen-bond acceptors (Lipinski definition) is 6. The van der Waals surface area contributed by atoms with Gasteiger partial charge < -0.3 is 9.84 Å². The predicted molar refractivity (Wildman–Crippen MR) is 129 cm³/mol. The first-order valence-corrected chi connectivity index (χ1v) is 11.3. The third-order valence-electron chi connectivity index (χ3n) is 6.15. The van der Waals surface area contributed by atoms with Gasteiger partial charge in [0.25, 0.3) is 11.8 Å². The SMILES string of the molecule is COc1ccc(N=C2CC(C)(C)CC(=O)/C2=C(/O)CCCN2C(=O)c3ccccc3C2=O)cc1. The Morgan fingerprint density at radius 1 is 1.00 bits per heavy atom. The molecule has 1 fully saturated rings. The number of Topliss-reactive ketones (excluding diaryl/α,β-unsaturated/α-hetero) is 1. The zero-order valence-electron chi connectivity index (χ0n) is 19.6. The van der Waals surface area contributed by atoms with E-state index in [0.717, 1.165) is 0 Å². The van der Waals surface area contributed by atoms with E-state index in [4.69, 9.17) is 4.74 Å². The molecule has 176 valence electrons. The molecule has 2 aliphatic rings. The Morgan fingerprint density at radius 3 is 2.21 bits per heavy atom. The summed E-state index contributed by atoms with van der Waals surface area (Å²) in [5.74, 6) is -0.156. The zero-order chi connectivity index (χ0) is 24.5. The summed E-state index contributed by atoms with van der Waals surface area (Å²) in [5.41, 5.74) is 1.98. The molecule has 0 bridgehead atoms. The second-order valence-corrected chi connectivity index (χ2v) is 9.43. The second-order valence-electron chi connectivity index (χ2n) is 9.43. The first-order chi connectivity index (χ1) is 16.2. The first-order valence-electron chi connectivity index (χ1n) is 11.3. The molecule has 1 heterocycles. The molecular weight excluding hydrogens is 432 g/mol. The second kappa shape index (κ2) is 9.25. The number of carbonyl (C=O) groups excluding carboxylic acids is 3. The van der Waals surface area contributed by atoms with Crippen LogP contribution in [0.15, 0.2) is 64.9 Å². The fourth-order valence-electron chi connectivity index (χ4n) is 4.50. The Labute approximate surface area is 198 Å². The van der Waals surface area contributed by atoms with Crippen molar-refractivity contribution in [3.63, 3.8) is 0 Å². The molecule has 1 aliphatic heterocycles. The summed E-state index contributed by atoms with van der Waals surface area (Å²) in [7, 11) is 1.59. The van der Waals surface area contributed by atoms with E-state index in [2.05, 4.69) is 4.99 Å². The largest absolute Gasteiger partial charge is 0.511 e. The van der Waals surface area contributed by atoms with Gasteiger partial charge in [0, 0.05) is 19.4 Å². The maximum atomic E-state index is 13.0. The minimum absolute atomic E-state index is 0.0515. The Balaban J connectivity index is 1.53. The van der Waals surface area contributed by atoms with Gasteiger partial charge in [-0.2, -0.15) is 0 Å². The van der Waals surface area contributed by atoms with Crippen LogP contribution in [0.4, 0.5) is 5.69 Å². The molecule has 7 nitrogen and oxygen atoms in total. The number of rotatable bonds is 6. The van der Waals surface area contributed by atoms with Crippen LogP contribution in [-0.2, 0) is 4.79 Å². The standard InChI is InChI=1S/C27H28N2O5/c1-27(2)15-21(28-17-10-12-18(34-3)13-11-17)24(23(31)16-27)22(30)9-6-14-29-25(32)19-7-4-5-8-20(19)26(29)33/h4-5,7-8,10-13,30H,6,9,14-16H2,1-3H3/b24-22+,28-21?. The molecule has 2 aromatic rings. The highest BCUT2D eigenvalue weighted by molar-refractivity contribution is 6.25. The van der Waals surface area contributed by atoms with Crippen LogP contribution < -0.4 is 4.74 Å². The predicted octanol–water partition coefficient (Wildman–Crippen LogP) is 5.05. The summed E-state index contributed by atoms with van der Waals surface area (Å²) in [4.78, 5) is 44.0. The molecule has 1 aliphatic carbocycles. The number of aliphatic hydroxyl groups excluding tert-OH is 1. The van der Waals surface area contributed by atoms with Crippen molar-refractivity contribution in [2.45, 2.75) is 39.5 Å². The van der Waals surface area contributed by atoms with Crippen molar-refractivity contribution in [2.75, 3.05) is 13.7 Å².